The molecule has 0 radical (unpaired) electrons. The van der Waals surface area contributed by atoms with Crippen LogP contribution in [-0.2, 0) is 0 Å². The summed E-state index contributed by atoms with van der Waals surface area (Å²) < 4.78 is 18.9. The highest BCUT2D eigenvalue weighted by Crippen LogP contribution is 2.31. The fraction of sp³-hybridized carbons (Fsp3) is 0.647. The number of benzene rings is 1. The van der Waals surface area contributed by atoms with Crippen LogP contribution in [-0.4, -0.2) is 37.2 Å². The van der Waals surface area contributed by atoms with Crippen LogP contribution in [0.5, 0.6) is 5.75 Å². The molecule has 3 unspecified atom stereocenters. The zero-order chi connectivity index (χ0) is 14.8. The molecule has 1 aromatic rings. The Kier molecular flexibility index (Phi) is 4.45. The van der Waals surface area contributed by atoms with Gasteiger partial charge in [-0.2, -0.15) is 0 Å². The highest BCUT2D eigenvalue weighted by atomic mass is 19.1. The van der Waals surface area contributed by atoms with Crippen LogP contribution in [0.1, 0.15) is 44.2 Å². The zero-order valence-electron chi connectivity index (χ0n) is 12.9. The lowest BCUT2D eigenvalue weighted by Crippen LogP contribution is -2.45. The second kappa shape index (κ2) is 6.32. The summed E-state index contributed by atoms with van der Waals surface area (Å²) in [5, 5.41) is 3.71. The first-order valence-corrected chi connectivity index (χ1v) is 8.02. The normalized spacial score (nSPS) is 27.4. The van der Waals surface area contributed by atoms with E-state index < -0.39 is 0 Å². The summed E-state index contributed by atoms with van der Waals surface area (Å²) in [6.07, 6.45) is 5.13. The van der Waals surface area contributed by atoms with E-state index in [-0.39, 0.29) is 11.9 Å². The molecular weight excluding hydrogens is 267 g/mol. The molecular formula is C17H25FN2O. The van der Waals surface area contributed by atoms with E-state index in [1.165, 1.54) is 44.8 Å². The Labute approximate surface area is 126 Å². The number of fused-ring (bicyclic) bond motifs is 1. The average Bonchev–Trinajstić information content (AvgIpc) is 2.90. The summed E-state index contributed by atoms with van der Waals surface area (Å²) in [6, 6.07) is 6.01. The van der Waals surface area contributed by atoms with Gasteiger partial charge in [0.1, 0.15) is 11.6 Å². The standard InChI is InChI=1S/C17H25FN2O/c1-12(14-11-13(18)6-7-17(14)21-2)19-15-8-10-20-9-4-3-5-16(15)20/h6-7,11-12,15-16,19H,3-5,8-10H2,1-2H3. The lowest BCUT2D eigenvalue weighted by molar-refractivity contribution is 0.177. The summed E-state index contributed by atoms with van der Waals surface area (Å²) in [5.41, 5.74) is 0.909. The molecule has 2 saturated heterocycles. The Morgan fingerprint density at radius 3 is 2.95 bits per heavy atom. The number of halogens is 1. The SMILES string of the molecule is COc1ccc(F)cc1C(C)NC1CCN2CCCCC12. The lowest BCUT2D eigenvalue weighted by atomic mass is 9.97. The van der Waals surface area contributed by atoms with Crippen molar-refractivity contribution >= 4 is 0 Å². The lowest BCUT2D eigenvalue weighted by Gasteiger charge is -2.34. The van der Waals surface area contributed by atoms with Crippen LogP contribution in [0.4, 0.5) is 4.39 Å². The van der Waals surface area contributed by atoms with Gasteiger partial charge in [0.2, 0.25) is 0 Å². The predicted molar refractivity (Wildman–Crippen MR) is 82.1 cm³/mol. The minimum atomic E-state index is -0.204. The molecule has 116 valence electrons. The Bertz CT molecular complexity index is 494. The van der Waals surface area contributed by atoms with Gasteiger partial charge in [0.25, 0.3) is 0 Å². The van der Waals surface area contributed by atoms with Gasteiger partial charge in [-0.05, 0) is 50.9 Å². The van der Waals surface area contributed by atoms with Gasteiger partial charge < -0.3 is 10.1 Å². The molecule has 0 amide bonds. The summed E-state index contributed by atoms with van der Waals surface area (Å²) in [7, 11) is 1.64. The molecule has 3 rings (SSSR count). The number of nitrogens with zero attached hydrogens (tertiary/aromatic N) is 1. The van der Waals surface area contributed by atoms with Gasteiger partial charge in [0.05, 0.1) is 7.11 Å². The molecule has 2 fully saturated rings. The van der Waals surface area contributed by atoms with Crippen molar-refractivity contribution in [1.29, 1.82) is 0 Å². The van der Waals surface area contributed by atoms with E-state index in [0.717, 1.165) is 11.3 Å². The molecule has 3 nitrogen and oxygen atoms in total. The fourth-order valence-corrected chi connectivity index (χ4v) is 3.90. The van der Waals surface area contributed by atoms with Crippen molar-refractivity contribution in [3.8, 4) is 5.75 Å². The van der Waals surface area contributed by atoms with E-state index >= 15 is 0 Å². The Balaban J connectivity index is 1.71. The van der Waals surface area contributed by atoms with E-state index in [1.807, 2.05) is 0 Å². The van der Waals surface area contributed by atoms with Crippen molar-refractivity contribution in [3.63, 3.8) is 0 Å². The Morgan fingerprint density at radius 1 is 1.29 bits per heavy atom. The number of ether oxygens (including phenoxy) is 1. The molecule has 21 heavy (non-hydrogen) atoms. The van der Waals surface area contributed by atoms with Crippen molar-refractivity contribution in [2.45, 2.75) is 50.7 Å². The summed E-state index contributed by atoms with van der Waals surface area (Å²) in [5.74, 6) is 0.556. The van der Waals surface area contributed by atoms with Crippen LogP contribution in [0, 0.1) is 5.82 Å². The minimum Gasteiger partial charge on any atom is -0.496 e. The summed E-state index contributed by atoms with van der Waals surface area (Å²) in [6.45, 7) is 4.53. The minimum absolute atomic E-state index is 0.0996. The maximum atomic E-state index is 13.5. The van der Waals surface area contributed by atoms with Crippen molar-refractivity contribution in [1.82, 2.24) is 10.2 Å². The number of hydrogen-bond donors (Lipinski definition) is 1. The van der Waals surface area contributed by atoms with Gasteiger partial charge >= 0.3 is 0 Å². The molecule has 2 heterocycles. The van der Waals surface area contributed by atoms with Crippen LogP contribution in [0.25, 0.3) is 0 Å². The second-order valence-electron chi connectivity index (χ2n) is 6.27. The maximum absolute atomic E-state index is 13.5. The number of nitrogens with one attached hydrogen (secondary N) is 1. The zero-order valence-corrected chi connectivity index (χ0v) is 12.9. The maximum Gasteiger partial charge on any atom is 0.123 e. The topological polar surface area (TPSA) is 24.5 Å². The number of rotatable bonds is 4. The monoisotopic (exact) mass is 292 g/mol. The smallest absolute Gasteiger partial charge is 0.123 e. The highest BCUT2D eigenvalue weighted by Gasteiger charge is 2.36. The molecule has 0 spiro atoms. The molecule has 3 atom stereocenters. The molecule has 1 N–H and O–H groups in total. The van der Waals surface area contributed by atoms with Gasteiger partial charge in [-0.3, -0.25) is 4.90 Å². The van der Waals surface area contributed by atoms with Gasteiger partial charge in [0.15, 0.2) is 0 Å². The van der Waals surface area contributed by atoms with Crippen LogP contribution in [0.2, 0.25) is 0 Å². The van der Waals surface area contributed by atoms with Crippen LogP contribution in [0.15, 0.2) is 18.2 Å². The Morgan fingerprint density at radius 2 is 2.14 bits per heavy atom. The van der Waals surface area contributed by atoms with Gasteiger partial charge in [-0.25, -0.2) is 4.39 Å². The first-order valence-electron chi connectivity index (χ1n) is 8.02. The van der Waals surface area contributed by atoms with E-state index in [4.69, 9.17) is 4.74 Å². The summed E-state index contributed by atoms with van der Waals surface area (Å²) >= 11 is 0. The first kappa shape index (κ1) is 14.8. The summed E-state index contributed by atoms with van der Waals surface area (Å²) in [4.78, 5) is 2.61. The Hall–Kier alpha value is -1.13. The molecule has 2 aliphatic rings. The quantitative estimate of drug-likeness (QED) is 0.923. The fourth-order valence-electron chi connectivity index (χ4n) is 3.90. The second-order valence-corrected chi connectivity index (χ2v) is 6.27. The third-order valence-electron chi connectivity index (χ3n) is 4.98. The van der Waals surface area contributed by atoms with Gasteiger partial charge in [0, 0.05) is 30.2 Å². The third kappa shape index (κ3) is 3.06. The highest BCUT2D eigenvalue weighted by molar-refractivity contribution is 5.36. The van der Waals surface area contributed by atoms with Gasteiger partial charge in [-0.1, -0.05) is 6.42 Å². The number of methoxy groups -OCH3 is 1. The van der Waals surface area contributed by atoms with Crippen molar-refractivity contribution in [2.24, 2.45) is 0 Å². The molecule has 2 aliphatic heterocycles. The molecule has 1 aromatic carbocycles. The molecule has 0 aliphatic carbocycles. The molecule has 0 bridgehead atoms. The number of piperidine rings is 1. The van der Waals surface area contributed by atoms with Crippen molar-refractivity contribution < 1.29 is 9.13 Å². The molecule has 0 aromatic heterocycles. The van der Waals surface area contributed by atoms with Crippen LogP contribution < -0.4 is 10.1 Å². The van der Waals surface area contributed by atoms with Gasteiger partial charge in [-0.15, -0.1) is 0 Å². The number of hydrogen-bond acceptors (Lipinski definition) is 3. The van der Waals surface area contributed by atoms with E-state index in [2.05, 4.69) is 17.1 Å². The largest absolute Gasteiger partial charge is 0.496 e. The van der Waals surface area contributed by atoms with E-state index in [0.29, 0.717) is 12.1 Å². The van der Waals surface area contributed by atoms with Crippen LogP contribution >= 0.6 is 0 Å². The van der Waals surface area contributed by atoms with Crippen molar-refractivity contribution in [2.75, 3.05) is 20.2 Å². The first-order chi connectivity index (χ1) is 10.2. The molecule has 4 heteroatoms. The van der Waals surface area contributed by atoms with E-state index in [9.17, 15) is 4.39 Å². The van der Waals surface area contributed by atoms with Crippen LogP contribution in [0.3, 0.4) is 0 Å². The third-order valence-corrected chi connectivity index (χ3v) is 4.98. The predicted octanol–water partition coefficient (Wildman–Crippen LogP) is 3.11. The van der Waals surface area contributed by atoms with E-state index in [1.54, 1.807) is 19.2 Å². The average molecular weight is 292 g/mol. The molecule has 0 saturated carbocycles. The van der Waals surface area contributed by atoms with Crippen molar-refractivity contribution in [3.05, 3.63) is 29.6 Å².